The topological polar surface area (TPSA) is 70.2 Å². The number of nitrogens with one attached hydrogen (secondary N) is 3. The second kappa shape index (κ2) is 8.91. The van der Waals surface area contributed by atoms with Crippen molar-refractivity contribution in [1.82, 2.24) is 16.0 Å². The molecule has 1 aliphatic carbocycles. The van der Waals surface area contributed by atoms with Crippen LogP contribution in [0.25, 0.3) is 0 Å². The van der Waals surface area contributed by atoms with Gasteiger partial charge < -0.3 is 16.0 Å². The van der Waals surface area contributed by atoms with Gasteiger partial charge in [-0.25, -0.2) is 0 Å². The van der Waals surface area contributed by atoms with Gasteiger partial charge >= 0.3 is 0 Å². The van der Waals surface area contributed by atoms with Crippen molar-refractivity contribution in [3.8, 4) is 0 Å². The zero-order valence-electron chi connectivity index (χ0n) is 12.1. The molecule has 0 bridgehead atoms. The first kappa shape index (κ1) is 16.0. The lowest BCUT2D eigenvalue weighted by molar-refractivity contribution is -0.129. The smallest absolute Gasteiger partial charge is 0.242 e. The van der Waals surface area contributed by atoms with E-state index in [1.165, 1.54) is 12.8 Å². The summed E-state index contributed by atoms with van der Waals surface area (Å²) in [6.07, 6.45) is 6.84. The molecule has 0 aromatic heterocycles. The number of amides is 2. The van der Waals surface area contributed by atoms with Crippen LogP contribution in [-0.2, 0) is 9.59 Å². The molecule has 0 aromatic carbocycles. The minimum atomic E-state index is -0.380. The van der Waals surface area contributed by atoms with E-state index in [-0.39, 0.29) is 30.3 Å². The average Bonchev–Trinajstić information content (AvgIpc) is 2.70. The van der Waals surface area contributed by atoms with Crippen LogP contribution in [0.4, 0.5) is 0 Å². The number of hydrogen-bond donors (Lipinski definition) is 3. The van der Waals surface area contributed by atoms with E-state index in [9.17, 15) is 9.59 Å². The predicted molar refractivity (Wildman–Crippen MR) is 75.7 cm³/mol. The molecule has 0 aromatic rings. The van der Waals surface area contributed by atoms with Gasteiger partial charge in [0.25, 0.3) is 0 Å². The summed E-state index contributed by atoms with van der Waals surface area (Å²) in [6.45, 7) is 2.98. The predicted octanol–water partition coefficient (Wildman–Crippen LogP) is 0.797. The highest BCUT2D eigenvalue weighted by molar-refractivity contribution is 5.88. The zero-order chi connectivity index (χ0) is 14.1. The van der Waals surface area contributed by atoms with Crippen LogP contribution < -0.4 is 16.0 Å². The summed E-state index contributed by atoms with van der Waals surface area (Å²) in [4.78, 5) is 23.8. The van der Waals surface area contributed by atoms with Crippen LogP contribution in [0.15, 0.2) is 0 Å². The van der Waals surface area contributed by atoms with E-state index in [4.69, 9.17) is 0 Å². The standard InChI is InChI=1S/C14H27N3O2/c1-3-16-10-12(18)17-13(14(19)15-2)11-8-6-4-5-7-9-11/h11,13,16H,3-10H2,1-2H3,(H,15,19)(H,17,18)/t13-/m0/s1. The fourth-order valence-electron chi connectivity index (χ4n) is 2.66. The first-order valence-electron chi connectivity index (χ1n) is 7.40. The summed E-state index contributed by atoms with van der Waals surface area (Å²) in [5.74, 6) is 0.101. The van der Waals surface area contributed by atoms with Crippen LogP contribution in [0.1, 0.15) is 45.4 Å². The molecular weight excluding hydrogens is 242 g/mol. The number of likely N-dealkylation sites (N-methyl/N-ethyl adjacent to an activating group) is 2. The Morgan fingerprint density at radius 1 is 1.16 bits per heavy atom. The van der Waals surface area contributed by atoms with Crippen molar-refractivity contribution in [3.63, 3.8) is 0 Å². The number of hydrogen-bond acceptors (Lipinski definition) is 3. The summed E-state index contributed by atoms with van der Waals surface area (Å²) in [7, 11) is 1.63. The second-order valence-electron chi connectivity index (χ2n) is 5.19. The Hall–Kier alpha value is -1.10. The van der Waals surface area contributed by atoms with Gasteiger partial charge in [-0.15, -0.1) is 0 Å². The third kappa shape index (κ3) is 5.59. The van der Waals surface area contributed by atoms with Crippen LogP contribution in [0, 0.1) is 5.92 Å². The van der Waals surface area contributed by atoms with Crippen molar-refractivity contribution in [2.75, 3.05) is 20.1 Å². The lowest BCUT2D eigenvalue weighted by Crippen LogP contribution is -2.52. The van der Waals surface area contributed by atoms with Gasteiger partial charge in [0.15, 0.2) is 0 Å². The highest BCUT2D eigenvalue weighted by Gasteiger charge is 2.29. The molecule has 1 saturated carbocycles. The monoisotopic (exact) mass is 269 g/mol. The van der Waals surface area contributed by atoms with Crippen molar-refractivity contribution < 1.29 is 9.59 Å². The Morgan fingerprint density at radius 2 is 1.79 bits per heavy atom. The van der Waals surface area contributed by atoms with Crippen molar-refractivity contribution in [2.24, 2.45) is 5.92 Å². The quantitative estimate of drug-likeness (QED) is 0.625. The maximum atomic E-state index is 12.0. The Labute approximate surface area is 115 Å². The second-order valence-corrected chi connectivity index (χ2v) is 5.19. The third-order valence-corrected chi connectivity index (χ3v) is 3.75. The molecule has 5 nitrogen and oxygen atoms in total. The van der Waals surface area contributed by atoms with Crippen molar-refractivity contribution in [3.05, 3.63) is 0 Å². The van der Waals surface area contributed by atoms with Crippen LogP contribution >= 0.6 is 0 Å². The van der Waals surface area contributed by atoms with E-state index in [1.807, 2.05) is 6.92 Å². The van der Waals surface area contributed by atoms with Crippen LogP contribution in [0.3, 0.4) is 0 Å². The molecule has 0 heterocycles. The lowest BCUT2D eigenvalue weighted by Gasteiger charge is -2.25. The Bertz CT molecular complexity index is 286. The molecule has 0 unspecified atom stereocenters. The van der Waals surface area contributed by atoms with E-state index in [1.54, 1.807) is 7.05 Å². The third-order valence-electron chi connectivity index (χ3n) is 3.75. The van der Waals surface area contributed by atoms with Gasteiger partial charge in [-0.05, 0) is 25.3 Å². The fraction of sp³-hybridized carbons (Fsp3) is 0.857. The number of carbonyl (C=O) groups excluding carboxylic acids is 2. The van der Waals surface area contributed by atoms with Crippen LogP contribution in [0.5, 0.6) is 0 Å². The molecule has 3 N–H and O–H groups in total. The van der Waals surface area contributed by atoms with Crippen molar-refractivity contribution in [1.29, 1.82) is 0 Å². The Kier molecular flexibility index (Phi) is 7.48. The largest absolute Gasteiger partial charge is 0.357 e. The lowest BCUT2D eigenvalue weighted by atomic mass is 9.91. The van der Waals surface area contributed by atoms with Gasteiger partial charge in [0.05, 0.1) is 6.54 Å². The molecule has 0 radical (unpaired) electrons. The molecule has 0 saturated heterocycles. The van der Waals surface area contributed by atoms with Gasteiger partial charge in [0.1, 0.15) is 6.04 Å². The Morgan fingerprint density at radius 3 is 2.32 bits per heavy atom. The summed E-state index contributed by atoms with van der Waals surface area (Å²) < 4.78 is 0. The van der Waals surface area contributed by atoms with Gasteiger partial charge in [0, 0.05) is 7.05 Å². The van der Waals surface area contributed by atoms with Crippen molar-refractivity contribution in [2.45, 2.75) is 51.5 Å². The first-order chi connectivity index (χ1) is 9.19. The summed E-state index contributed by atoms with van der Waals surface area (Å²) in [5.41, 5.74) is 0. The van der Waals surface area contributed by atoms with Gasteiger partial charge in [0.2, 0.25) is 11.8 Å². The van der Waals surface area contributed by atoms with E-state index >= 15 is 0 Å². The highest BCUT2D eigenvalue weighted by Crippen LogP contribution is 2.25. The molecule has 1 aliphatic rings. The summed E-state index contributed by atoms with van der Waals surface area (Å²) in [5, 5.41) is 8.54. The molecule has 110 valence electrons. The molecule has 1 atom stereocenters. The molecule has 0 aliphatic heterocycles. The van der Waals surface area contributed by atoms with Gasteiger partial charge in [-0.1, -0.05) is 32.6 Å². The zero-order valence-corrected chi connectivity index (χ0v) is 12.1. The van der Waals surface area contributed by atoms with Gasteiger partial charge in [-0.2, -0.15) is 0 Å². The van der Waals surface area contributed by atoms with E-state index in [2.05, 4.69) is 16.0 Å². The molecule has 19 heavy (non-hydrogen) atoms. The summed E-state index contributed by atoms with van der Waals surface area (Å²) in [6, 6.07) is -0.380. The van der Waals surface area contributed by atoms with Crippen LogP contribution in [-0.4, -0.2) is 38.0 Å². The van der Waals surface area contributed by atoms with Crippen LogP contribution in [0.2, 0.25) is 0 Å². The minimum absolute atomic E-state index is 0.0725. The van der Waals surface area contributed by atoms with E-state index in [0.717, 1.165) is 32.2 Å². The number of carbonyl (C=O) groups is 2. The van der Waals surface area contributed by atoms with Gasteiger partial charge in [-0.3, -0.25) is 9.59 Å². The molecule has 5 heteroatoms. The molecule has 1 rings (SSSR count). The minimum Gasteiger partial charge on any atom is -0.357 e. The molecule has 1 fully saturated rings. The number of rotatable bonds is 6. The van der Waals surface area contributed by atoms with E-state index in [0.29, 0.717) is 0 Å². The van der Waals surface area contributed by atoms with Crippen molar-refractivity contribution >= 4 is 11.8 Å². The molecule has 2 amide bonds. The Balaban J connectivity index is 2.59. The maximum Gasteiger partial charge on any atom is 0.242 e. The summed E-state index contributed by atoms with van der Waals surface area (Å²) >= 11 is 0. The first-order valence-corrected chi connectivity index (χ1v) is 7.40. The maximum absolute atomic E-state index is 12.0. The average molecular weight is 269 g/mol. The highest BCUT2D eigenvalue weighted by atomic mass is 16.2. The SMILES string of the molecule is CCNCC(=O)N[C@H](C(=O)NC)C1CCCCCC1. The van der Waals surface area contributed by atoms with E-state index < -0.39 is 0 Å². The fourth-order valence-corrected chi connectivity index (χ4v) is 2.66. The molecular formula is C14H27N3O2. The molecule has 0 spiro atoms. The normalized spacial score (nSPS) is 18.4.